The van der Waals surface area contributed by atoms with Crippen LogP contribution in [0, 0.1) is 11.7 Å². The van der Waals surface area contributed by atoms with E-state index < -0.39 is 29.2 Å². The summed E-state index contributed by atoms with van der Waals surface area (Å²) in [5.41, 5.74) is 1.90. The van der Waals surface area contributed by atoms with Crippen molar-refractivity contribution in [3.05, 3.63) is 124 Å². The highest BCUT2D eigenvalue weighted by atomic mass is 32.1. The van der Waals surface area contributed by atoms with Gasteiger partial charge in [-0.15, -0.1) is 11.3 Å². The zero-order valence-electron chi connectivity index (χ0n) is 20.0. The summed E-state index contributed by atoms with van der Waals surface area (Å²) in [4.78, 5) is 45.5. The van der Waals surface area contributed by atoms with Gasteiger partial charge in [0.05, 0.1) is 16.8 Å². The van der Waals surface area contributed by atoms with Crippen LogP contribution in [-0.2, 0) is 10.2 Å². The van der Waals surface area contributed by atoms with Crippen molar-refractivity contribution in [1.82, 2.24) is 0 Å². The molecular weight excluding hydrogens is 499 g/mol. The summed E-state index contributed by atoms with van der Waals surface area (Å²) in [6.07, 6.45) is 3.90. The molecule has 7 heteroatoms. The molecular formula is C31H21FN2O3S. The highest BCUT2D eigenvalue weighted by Crippen LogP contribution is 2.58. The minimum absolute atomic E-state index is 0.218. The molecule has 0 saturated carbocycles. The first kappa shape index (κ1) is 22.8. The molecule has 3 aliphatic heterocycles. The molecule has 7 rings (SSSR count). The number of amides is 1. The molecule has 5 nitrogen and oxygen atoms in total. The lowest BCUT2D eigenvalue weighted by molar-refractivity contribution is -0.121. The number of anilines is 2. The van der Waals surface area contributed by atoms with Gasteiger partial charge in [0.15, 0.2) is 11.6 Å². The smallest absolute Gasteiger partial charge is 0.238 e. The molecule has 0 radical (unpaired) electrons. The first-order chi connectivity index (χ1) is 18.5. The van der Waals surface area contributed by atoms with E-state index >= 15 is 0 Å². The van der Waals surface area contributed by atoms with Crippen molar-refractivity contribution in [1.29, 1.82) is 0 Å². The lowest BCUT2D eigenvalue weighted by Gasteiger charge is -2.37. The Morgan fingerprint density at radius 3 is 2.45 bits per heavy atom. The summed E-state index contributed by atoms with van der Waals surface area (Å²) in [6.45, 7) is 0. The predicted molar refractivity (Wildman–Crippen MR) is 145 cm³/mol. The molecule has 1 saturated heterocycles. The number of carbonyl (C=O) groups excluding carboxylic acids is 3. The summed E-state index contributed by atoms with van der Waals surface area (Å²) in [6, 6.07) is 22.4. The quantitative estimate of drug-likeness (QED) is 0.349. The second-order valence-electron chi connectivity index (χ2n) is 9.77. The Hall–Kier alpha value is -4.36. The van der Waals surface area contributed by atoms with Crippen LogP contribution in [0.25, 0.3) is 6.08 Å². The Morgan fingerprint density at radius 2 is 1.66 bits per heavy atom. The number of hydrogen-bond acceptors (Lipinski definition) is 5. The molecule has 0 aliphatic carbocycles. The van der Waals surface area contributed by atoms with Crippen LogP contribution < -0.4 is 10.2 Å². The standard InChI is InChI=1S/C31H21FN2O3S/c32-20-14-11-19(12-15-20)28(35)26-27(29(36)24-10-5-17-38-24)34-23-9-4-1-6-18(23)13-16-25(34)31(26)21-7-2-3-8-22(21)33-30(31)37/h1-17,25-27H,(H,33,37)/t25-,26+,27+,31-/m1/s1. The molecule has 1 N–H and O–H groups in total. The minimum atomic E-state index is -1.37. The number of benzene rings is 3. The number of ketones is 2. The maximum atomic E-state index is 14.5. The van der Waals surface area contributed by atoms with Crippen LogP contribution in [0.3, 0.4) is 0 Å². The topological polar surface area (TPSA) is 66.5 Å². The Morgan fingerprint density at radius 1 is 0.895 bits per heavy atom. The second kappa shape index (κ2) is 8.33. The molecule has 4 aromatic rings. The Labute approximate surface area is 222 Å². The zero-order valence-corrected chi connectivity index (χ0v) is 20.8. The molecule has 1 spiro atoms. The normalized spacial score (nSPS) is 24.6. The highest BCUT2D eigenvalue weighted by molar-refractivity contribution is 7.12. The SMILES string of the molecule is O=C(c1cccs1)[C@@H]1[C@@H](C(=O)c2ccc(F)cc2)[C@]2(C(=O)Nc3ccccc32)[C@H]2C=Cc3ccccc3N12. The molecule has 0 unspecified atom stereocenters. The molecule has 3 aromatic carbocycles. The first-order valence-corrected chi connectivity index (χ1v) is 13.2. The first-order valence-electron chi connectivity index (χ1n) is 12.4. The van der Waals surface area contributed by atoms with E-state index in [1.54, 1.807) is 12.1 Å². The van der Waals surface area contributed by atoms with Crippen molar-refractivity contribution in [3.63, 3.8) is 0 Å². The minimum Gasteiger partial charge on any atom is -0.352 e. The lowest BCUT2D eigenvalue weighted by Crippen LogP contribution is -2.51. The lowest BCUT2D eigenvalue weighted by atomic mass is 9.64. The summed E-state index contributed by atoms with van der Waals surface area (Å²) >= 11 is 1.31. The Bertz CT molecular complexity index is 1650. The van der Waals surface area contributed by atoms with Crippen molar-refractivity contribution in [2.45, 2.75) is 17.5 Å². The summed E-state index contributed by atoms with van der Waals surface area (Å²) in [7, 11) is 0. The maximum absolute atomic E-state index is 14.5. The number of carbonyl (C=O) groups is 3. The van der Waals surface area contributed by atoms with E-state index in [9.17, 15) is 18.8 Å². The van der Waals surface area contributed by atoms with Gasteiger partial charge in [0.2, 0.25) is 5.91 Å². The number of rotatable bonds is 4. The van der Waals surface area contributed by atoms with E-state index in [1.165, 1.54) is 35.6 Å². The third kappa shape index (κ3) is 2.99. The average molecular weight is 521 g/mol. The molecule has 1 aromatic heterocycles. The van der Waals surface area contributed by atoms with Crippen molar-refractivity contribution in [2.75, 3.05) is 10.2 Å². The van der Waals surface area contributed by atoms with Crippen molar-refractivity contribution in [2.24, 2.45) is 5.92 Å². The molecule has 38 heavy (non-hydrogen) atoms. The Balaban J connectivity index is 1.54. The number of thiophene rings is 1. The fourth-order valence-corrected chi connectivity index (χ4v) is 7.18. The van der Waals surface area contributed by atoms with Gasteiger partial charge in [-0.05, 0) is 59.0 Å². The number of halogens is 1. The summed E-state index contributed by atoms with van der Waals surface area (Å²) < 4.78 is 13.8. The third-order valence-electron chi connectivity index (χ3n) is 7.99. The Kier molecular flexibility index (Phi) is 5.00. The zero-order chi connectivity index (χ0) is 26.0. The largest absolute Gasteiger partial charge is 0.352 e. The number of hydrogen-bond donors (Lipinski definition) is 1. The van der Waals surface area contributed by atoms with Crippen LogP contribution in [0.5, 0.6) is 0 Å². The van der Waals surface area contributed by atoms with Gasteiger partial charge in [-0.25, -0.2) is 4.39 Å². The average Bonchev–Trinajstić information content (AvgIpc) is 3.65. The third-order valence-corrected chi connectivity index (χ3v) is 8.87. The number of Topliss-reactive ketones (excluding diaryl/α,β-unsaturated/α-hetero) is 2. The van der Waals surface area contributed by atoms with Crippen molar-refractivity contribution in [3.8, 4) is 0 Å². The van der Waals surface area contributed by atoms with E-state index in [4.69, 9.17) is 0 Å². The van der Waals surface area contributed by atoms with Gasteiger partial charge < -0.3 is 10.2 Å². The number of para-hydroxylation sites is 2. The molecule has 1 amide bonds. The van der Waals surface area contributed by atoms with Gasteiger partial charge >= 0.3 is 0 Å². The van der Waals surface area contributed by atoms with Crippen LogP contribution in [0.1, 0.15) is 31.2 Å². The fraction of sp³-hybridized carbons (Fsp3) is 0.129. The molecule has 1 fully saturated rings. The molecule has 3 aliphatic rings. The van der Waals surface area contributed by atoms with E-state index in [0.29, 0.717) is 16.1 Å². The van der Waals surface area contributed by atoms with Crippen LogP contribution >= 0.6 is 11.3 Å². The molecule has 186 valence electrons. The van der Waals surface area contributed by atoms with Gasteiger partial charge in [-0.2, -0.15) is 0 Å². The number of nitrogens with one attached hydrogen (secondary N) is 1. The van der Waals surface area contributed by atoms with Gasteiger partial charge in [-0.3, -0.25) is 14.4 Å². The predicted octanol–water partition coefficient (Wildman–Crippen LogP) is 5.74. The number of nitrogens with zero attached hydrogens (tertiary/aromatic N) is 1. The van der Waals surface area contributed by atoms with Crippen LogP contribution in [-0.4, -0.2) is 29.6 Å². The monoisotopic (exact) mass is 520 g/mol. The van der Waals surface area contributed by atoms with Gasteiger partial charge in [0, 0.05) is 16.9 Å². The van der Waals surface area contributed by atoms with Crippen molar-refractivity contribution >= 4 is 46.3 Å². The molecule has 0 bridgehead atoms. The van der Waals surface area contributed by atoms with E-state index in [-0.39, 0.29) is 23.0 Å². The van der Waals surface area contributed by atoms with Gasteiger partial charge in [-0.1, -0.05) is 54.6 Å². The highest BCUT2D eigenvalue weighted by Gasteiger charge is 2.70. The number of fused-ring (bicyclic) bond motifs is 6. The summed E-state index contributed by atoms with van der Waals surface area (Å²) in [5, 5.41) is 4.83. The molecule has 4 heterocycles. The van der Waals surface area contributed by atoms with Crippen molar-refractivity contribution < 1.29 is 18.8 Å². The second-order valence-corrected chi connectivity index (χ2v) is 10.7. The van der Waals surface area contributed by atoms with Gasteiger partial charge in [0.1, 0.15) is 17.3 Å². The van der Waals surface area contributed by atoms with Crippen LogP contribution in [0.2, 0.25) is 0 Å². The maximum Gasteiger partial charge on any atom is 0.238 e. The van der Waals surface area contributed by atoms with E-state index in [1.807, 2.05) is 71.0 Å². The molecule has 4 atom stereocenters. The van der Waals surface area contributed by atoms with Crippen LogP contribution in [0.15, 0.2) is 96.4 Å². The fourth-order valence-electron chi connectivity index (χ4n) is 6.48. The van der Waals surface area contributed by atoms with Gasteiger partial charge in [0.25, 0.3) is 0 Å². The summed E-state index contributed by atoms with van der Waals surface area (Å²) in [5.74, 6) is -2.43. The van der Waals surface area contributed by atoms with E-state index in [2.05, 4.69) is 5.32 Å². The van der Waals surface area contributed by atoms with Crippen LogP contribution in [0.4, 0.5) is 15.8 Å². The van der Waals surface area contributed by atoms with E-state index in [0.717, 1.165) is 11.3 Å².